The van der Waals surface area contributed by atoms with Gasteiger partial charge in [0, 0.05) is 53.6 Å². The van der Waals surface area contributed by atoms with Gasteiger partial charge in [-0.2, -0.15) is 0 Å². The molecular weight excluding hydrogens is 374 g/mol. The normalized spacial score (nSPS) is 11.5. The second-order valence-corrected chi connectivity index (χ2v) is 7.47. The van der Waals surface area contributed by atoms with E-state index < -0.39 is 0 Å². The number of benzene rings is 1. The number of nitrogens with one attached hydrogen (secondary N) is 3. The van der Waals surface area contributed by atoms with Crippen LogP contribution in [0.1, 0.15) is 17.1 Å². The SMILES string of the molecule is Cc1nc2c(-c3cc4cc(CNCCc5ccccn5)ccc4[nH]3)cc(N)nc2[nH]1. The fraction of sp³-hybridized carbons (Fsp3) is 0.174. The van der Waals surface area contributed by atoms with Crippen LogP contribution in [0.3, 0.4) is 0 Å². The summed E-state index contributed by atoms with van der Waals surface area (Å²) in [7, 11) is 0. The van der Waals surface area contributed by atoms with Crippen LogP contribution in [0.5, 0.6) is 0 Å². The lowest BCUT2D eigenvalue weighted by atomic mass is 10.1. The van der Waals surface area contributed by atoms with Gasteiger partial charge in [0.25, 0.3) is 0 Å². The first-order chi connectivity index (χ1) is 14.7. The van der Waals surface area contributed by atoms with E-state index in [9.17, 15) is 0 Å². The van der Waals surface area contributed by atoms with Gasteiger partial charge in [-0.25, -0.2) is 9.97 Å². The van der Waals surface area contributed by atoms with Crippen LogP contribution in [-0.2, 0) is 13.0 Å². The smallest absolute Gasteiger partial charge is 0.160 e. The number of imidazole rings is 1. The zero-order valence-electron chi connectivity index (χ0n) is 16.7. The van der Waals surface area contributed by atoms with Crippen LogP contribution in [0.4, 0.5) is 5.82 Å². The molecule has 0 unspecified atom stereocenters. The Kier molecular flexibility index (Phi) is 4.65. The van der Waals surface area contributed by atoms with Gasteiger partial charge >= 0.3 is 0 Å². The van der Waals surface area contributed by atoms with Crippen molar-refractivity contribution in [3.8, 4) is 11.3 Å². The lowest BCUT2D eigenvalue weighted by Crippen LogP contribution is -2.17. The Bertz CT molecular complexity index is 1320. The van der Waals surface area contributed by atoms with Crippen LogP contribution in [0.2, 0.25) is 0 Å². The number of rotatable bonds is 6. The molecule has 4 aromatic heterocycles. The van der Waals surface area contributed by atoms with Gasteiger partial charge in [-0.15, -0.1) is 0 Å². The summed E-state index contributed by atoms with van der Waals surface area (Å²) in [5.74, 6) is 1.29. The van der Waals surface area contributed by atoms with Gasteiger partial charge < -0.3 is 21.0 Å². The van der Waals surface area contributed by atoms with E-state index in [1.807, 2.05) is 31.3 Å². The summed E-state index contributed by atoms with van der Waals surface area (Å²) in [6.07, 6.45) is 2.75. The molecule has 0 saturated carbocycles. The molecule has 0 bridgehead atoms. The third kappa shape index (κ3) is 3.62. The molecule has 0 spiro atoms. The molecule has 5 aromatic rings. The number of nitrogen functional groups attached to an aromatic ring is 1. The number of hydrogen-bond donors (Lipinski definition) is 4. The largest absolute Gasteiger partial charge is 0.384 e. The number of aromatic amines is 2. The number of fused-ring (bicyclic) bond motifs is 2. The number of pyridine rings is 2. The second kappa shape index (κ2) is 7.61. The zero-order chi connectivity index (χ0) is 20.5. The quantitative estimate of drug-likeness (QED) is 0.327. The van der Waals surface area contributed by atoms with Crippen molar-refractivity contribution in [2.75, 3.05) is 12.3 Å². The van der Waals surface area contributed by atoms with Crippen molar-refractivity contribution in [1.82, 2.24) is 30.2 Å². The maximum Gasteiger partial charge on any atom is 0.160 e. The summed E-state index contributed by atoms with van der Waals surface area (Å²) in [6.45, 7) is 3.62. The van der Waals surface area contributed by atoms with E-state index in [2.05, 4.69) is 60.6 Å². The number of anilines is 1. The van der Waals surface area contributed by atoms with Gasteiger partial charge in [0.2, 0.25) is 0 Å². The van der Waals surface area contributed by atoms with E-state index in [0.717, 1.165) is 58.7 Å². The van der Waals surface area contributed by atoms with Gasteiger partial charge in [0.15, 0.2) is 5.65 Å². The molecule has 4 heterocycles. The Morgan fingerprint density at radius 3 is 2.83 bits per heavy atom. The molecule has 1 aromatic carbocycles. The number of H-pyrrole nitrogens is 2. The molecule has 0 fully saturated rings. The predicted octanol–water partition coefficient (Wildman–Crippen LogP) is 3.72. The van der Waals surface area contributed by atoms with Crippen LogP contribution in [0.15, 0.2) is 54.7 Å². The molecule has 0 aliphatic rings. The summed E-state index contributed by atoms with van der Waals surface area (Å²) >= 11 is 0. The molecule has 30 heavy (non-hydrogen) atoms. The zero-order valence-corrected chi connectivity index (χ0v) is 16.7. The highest BCUT2D eigenvalue weighted by Gasteiger charge is 2.13. The molecule has 0 amide bonds. The van der Waals surface area contributed by atoms with Gasteiger partial charge in [-0.05, 0) is 48.9 Å². The van der Waals surface area contributed by atoms with Gasteiger partial charge in [0.1, 0.15) is 17.2 Å². The number of aryl methyl sites for hydroxylation is 1. The van der Waals surface area contributed by atoms with Crippen molar-refractivity contribution < 1.29 is 0 Å². The van der Waals surface area contributed by atoms with Crippen molar-refractivity contribution in [1.29, 1.82) is 0 Å². The Labute approximate surface area is 173 Å². The first-order valence-corrected chi connectivity index (χ1v) is 10.0. The molecule has 0 atom stereocenters. The van der Waals surface area contributed by atoms with Crippen LogP contribution >= 0.6 is 0 Å². The minimum absolute atomic E-state index is 0.470. The molecule has 7 heteroatoms. The first-order valence-electron chi connectivity index (χ1n) is 10.0. The topological polar surface area (TPSA) is 108 Å². The highest BCUT2D eigenvalue weighted by Crippen LogP contribution is 2.30. The summed E-state index contributed by atoms with van der Waals surface area (Å²) in [5.41, 5.74) is 12.9. The van der Waals surface area contributed by atoms with Crippen molar-refractivity contribution in [2.24, 2.45) is 0 Å². The maximum atomic E-state index is 6.01. The summed E-state index contributed by atoms with van der Waals surface area (Å²) < 4.78 is 0. The third-order valence-electron chi connectivity index (χ3n) is 5.18. The summed E-state index contributed by atoms with van der Waals surface area (Å²) in [5, 5.41) is 4.66. The minimum atomic E-state index is 0.470. The van der Waals surface area contributed by atoms with Crippen molar-refractivity contribution in [3.05, 3.63) is 71.8 Å². The van der Waals surface area contributed by atoms with Crippen molar-refractivity contribution >= 4 is 27.9 Å². The maximum absolute atomic E-state index is 6.01. The highest BCUT2D eigenvalue weighted by atomic mass is 15.0. The number of hydrogen-bond acceptors (Lipinski definition) is 5. The average Bonchev–Trinajstić information content (AvgIpc) is 3.33. The fourth-order valence-corrected chi connectivity index (χ4v) is 3.76. The molecule has 0 aliphatic carbocycles. The average molecular weight is 397 g/mol. The Morgan fingerprint density at radius 2 is 1.97 bits per heavy atom. The molecule has 0 radical (unpaired) electrons. The third-order valence-corrected chi connectivity index (χ3v) is 5.18. The fourth-order valence-electron chi connectivity index (χ4n) is 3.76. The van der Waals surface area contributed by atoms with Crippen LogP contribution in [0.25, 0.3) is 33.3 Å². The van der Waals surface area contributed by atoms with E-state index in [4.69, 9.17) is 5.73 Å². The Morgan fingerprint density at radius 1 is 1.03 bits per heavy atom. The molecule has 150 valence electrons. The van der Waals surface area contributed by atoms with Crippen LogP contribution < -0.4 is 11.1 Å². The monoisotopic (exact) mass is 397 g/mol. The van der Waals surface area contributed by atoms with E-state index >= 15 is 0 Å². The summed E-state index contributed by atoms with van der Waals surface area (Å²) in [6, 6.07) is 16.5. The second-order valence-electron chi connectivity index (χ2n) is 7.47. The minimum Gasteiger partial charge on any atom is -0.384 e. The lowest BCUT2D eigenvalue weighted by Gasteiger charge is -2.05. The Balaban J connectivity index is 1.36. The number of nitrogens with zero attached hydrogens (tertiary/aromatic N) is 3. The summed E-state index contributed by atoms with van der Waals surface area (Å²) in [4.78, 5) is 19.9. The van der Waals surface area contributed by atoms with Crippen LogP contribution in [0, 0.1) is 6.92 Å². The number of aromatic nitrogens is 5. The predicted molar refractivity (Wildman–Crippen MR) is 120 cm³/mol. The van der Waals surface area contributed by atoms with Crippen molar-refractivity contribution in [3.63, 3.8) is 0 Å². The molecular formula is C23H23N7. The standard InChI is InChI=1S/C23H23N7/c1-14-27-22-18(12-21(24)30-23(22)28-14)20-11-16-10-15(5-6-19(16)29-20)13-25-9-7-17-4-2-3-8-26-17/h2-6,8,10-12,25,29H,7,9,13H2,1H3,(H3,24,27,28,30). The van der Waals surface area contributed by atoms with Crippen LogP contribution in [-0.4, -0.2) is 31.5 Å². The van der Waals surface area contributed by atoms with E-state index in [1.165, 1.54) is 5.56 Å². The molecule has 7 nitrogen and oxygen atoms in total. The molecule has 0 saturated heterocycles. The molecule has 5 rings (SSSR count). The molecule has 0 aliphatic heterocycles. The van der Waals surface area contributed by atoms with Gasteiger partial charge in [0.05, 0.1) is 0 Å². The first kappa shape index (κ1) is 18.3. The van der Waals surface area contributed by atoms with E-state index in [1.54, 1.807) is 0 Å². The molecule has 5 N–H and O–H groups in total. The van der Waals surface area contributed by atoms with Crippen molar-refractivity contribution in [2.45, 2.75) is 19.9 Å². The van der Waals surface area contributed by atoms with E-state index in [0.29, 0.717) is 11.5 Å². The van der Waals surface area contributed by atoms with Gasteiger partial charge in [-0.1, -0.05) is 12.1 Å². The highest BCUT2D eigenvalue weighted by molar-refractivity contribution is 5.95. The number of nitrogens with two attached hydrogens (primary N) is 1. The lowest BCUT2D eigenvalue weighted by molar-refractivity contribution is 0.680. The van der Waals surface area contributed by atoms with E-state index in [-0.39, 0.29) is 0 Å². The van der Waals surface area contributed by atoms with Gasteiger partial charge in [-0.3, -0.25) is 4.98 Å². The Hall–Kier alpha value is -3.71.